The summed E-state index contributed by atoms with van der Waals surface area (Å²) in [4.78, 5) is 32.2. The van der Waals surface area contributed by atoms with Crippen LogP contribution in [0.5, 0.6) is 0 Å². The molecular formula is C23H27N3O3S. The molecule has 4 atom stereocenters. The standard InChI is InChI=1S/C23H27N3O3S/c1-14-4-5-30-21(14)12-24-8-15-6-16(10-24)20-3-2-19(23(28)26(20)9-15)22(27)25-11-18-7-17(25)13-29-18/h2-5,15-18H,6-13H2,1H3/t15-,16+,17+,18+/m0/s1. The lowest BCUT2D eigenvalue weighted by atomic mass is 9.83. The number of hydrogen-bond acceptors (Lipinski definition) is 5. The van der Waals surface area contributed by atoms with E-state index in [0.717, 1.165) is 44.7 Å². The number of aromatic nitrogens is 1. The highest BCUT2D eigenvalue weighted by Crippen LogP contribution is 2.36. The monoisotopic (exact) mass is 425 g/mol. The number of carbonyl (C=O) groups excluding carboxylic acids is 1. The highest BCUT2D eigenvalue weighted by Gasteiger charge is 2.43. The molecule has 0 aromatic carbocycles. The number of hydrogen-bond donors (Lipinski definition) is 0. The van der Waals surface area contributed by atoms with Crippen molar-refractivity contribution < 1.29 is 9.53 Å². The number of carbonyl (C=O) groups is 1. The number of amides is 1. The molecule has 158 valence electrons. The van der Waals surface area contributed by atoms with Crippen LogP contribution < -0.4 is 5.56 Å². The van der Waals surface area contributed by atoms with E-state index in [0.29, 0.717) is 30.6 Å². The van der Waals surface area contributed by atoms with Crippen molar-refractivity contribution in [1.29, 1.82) is 0 Å². The predicted molar refractivity (Wildman–Crippen MR) is 115 cm³/mol. The van der Waals surface area contributed by atoms with Gasteiger partial charge in [0.1, 0.15) is 5.56 Å². The second-order valence-corrected chi connectivity index (χ2v) is 10.4. The van der Waals surface area contributed by atoms with Gasteiger partial charge in [0.15, 0.2) is 0 Å². The highest BCUT2D eigenvalue weighted by molar-refractivity contribution is 7.10. The molecule has 4 aliphatic heterocycles. The first-order chi connectivity index (χ1) is 14.6. The second-order valence-electron chi connectivity index (χ2n) is 9.41. The molecule has 6 rings (SSSR count). The number of rotatable bonds is 3. The number of ether oxygens (including phenoxy) is 1. The number of piperidine rings is 1. The topological polar surface area (TPSA) is 54.8 Å². The van der Waals surface area contributed by atoms with Crippen LogP contribution in [0, 0.1) is 12.8 Å². The summed E-state index contributed by atoms with van der Waals surface area (Å²) in [7, 11) is 0. The Kier molecular flexibility index (Phi) is 4.41. The van der Waals surface area contributed by atoms with Crippen molar-refractivity contribution >= 4 is 17.2 Å². The van der Waals surface area contributed by atoms with Crippen LogP contribution in [-0.4, -0.2) is 58.7 Å². The minimum Gasteiger partial charge on any atom is -0.374 e. The van der Waals surface area contributed by atoms with E-state index in [2.05, 4.69) is 23.3 Å². The summed E-state index contributed by atoms with van der Waals surface area (Å²) in [5.41, 5.74) is 2.71. The zero-order chi connectivity index (χ0) is 20.4. The lowest BCUT2D eigenvalue weighted by Gasteiger charge is -2.43. The van der Waals surface area contributed by atoms with Gasteiger partial charge in [-0.15, -0.1) is 11.3 Å². The summed E-state index contributed by atoms with van der Waals surface area (Å²) < 4.78 is 7.52. The molecule has 6 heterocycles. The number of morpholine rings is 1. The third-order valence-corrected chi connectivity index (χ3v) is 8.41. The van der Waals surface area contributed by atoms with Crippen LogP contribution in [-0.2, 0) is 17.8 Å². The first-order valence-electron chi connectivity index (χ1n) is 11.0. The van der Waals surface area contributed by atoms with Crippen molar-refractivity contribution in [2.75, 3.05) is 26.2 Å². The van der Waals surface area contributed by atoms with Gasteiger partial charge in [-0.25, -0.2) is 0 Å². The fraction of sp³-hybridized carbons (Fsp3) is 0.565. The molecule has 3 fully saturated rings. The number of aryl methyl sites for hydroxylation is 1. The van der Waals surface area contributed by atoms with Gasteiger partial charge in [-0.1, -0.05) is 0 Å². The Morgan fingerprint density at radius 2 is 2.07 bits per heavy atom. The van der Waals surface area contributed by atoms with Gasteiger partial charge in [0.05, 0.1) is 18.8 Å². The molecule has 1 amide bonds. The first kappa shape index (κ1) is 18.8. The predicted octanol–water partition coefficient (Wildman–Crippen LogP) is 2.45. The molecule has 2 aromatic rings. The number of pyridine rings is 1. The first-order valence-corrected chi connectivity index (χ1v) is 11.9. The van der Waals surface area contributed by atoms with Crippen LogP contribution in [0.25, 0.3) is 0 Å². The van der Waals surface area contributed by atoms with Crippen LogP contribution >= 0.6 is 11.3 Å². The van der Waals surface area contributed by atoms with Crippen LogP contribution in [0.2, 0.25) is 0 Å². The van der Waals surface area contributed by atoms with Crippen molar-refractivity contribution in [3.8, 4) is 0 Å². The maximum absolute atomic E-state index is 13.3. The maximum Gasteiger partial charge on any atom is 0.263 e. The summed E-state index contributed by atoms with van der Waals surface area (Å²) in [5.74, 6) is 0.721. The maximum atomic E-state index is 13.3. The van der Waals surface area contributed by atoms with E-state index in [1.807, 2.05) is 26.9 Å². The number of thiophene rings is 1. The number of nitrogens with zero attached hydrogens (tertiary/aromatic N) is 3. The summed E-state index contributed by atoms with van der Waals surface area (Å²) >= 11 is 1.83. The summed E-state index contributed by atoms with van der Waals surface area (Å²) in [5, 5.41) is 2.17. The van der Waals surface area contributed by atoms with E-state index >= 15 is 0 Å². The van der Waals surface area contributed by atoms with Gasteiger partial charge < -0.3 is 14.2 Å². The smallest absolute Gasteiger partial charge is 0.263 e. The van der Waals surface area contributed by atoms with Crippen LogP contribution in [0.1, 0.15) is 45.3 Å². The molecule has 0 N–H and O–H groups in total. The zero-order valence-electron chi connectivity index (χ0n) is 17.3. The Balaban J connectivity index is 1.25. The van der Waals surface area contributed by atoms with Gasteiger partial charge in [0, 0.05) is 49.2 Å². The van der Waals surface area contributed by atoms with E-state index in [1.165, 1.54) is 10.4 Å². The molecule has 4 bridgehead atoms. The molecule has 0 unspecified atom stereocenters. The Morgan fingerprint density at radius 1 is 1.17 bits per heavy atom. The van der Waals surface area contributed by atoms with Crippen molar-refractivity contribution in [1.82, 2.24) is 14.4 Å². The quantitative estimate of drug-likeness (QED) is 0.758. The van der Waals surface area contributed by atoms with Gasteiger partial charge in [-0.3, -0.25) is 14.5 Å². The van der Waals surface area contributed by atoms with Gasteiger partial charge >= 0.3 is 0 Å². The highest BCUT2D eigenvalue weighted by atomic mass is 32.1. The molecular weight excluding hydrogens is 398 g/mol. The molecule has 4 aliphatic rings. The Bertz CT molecular complexity index is 1060. The van der Waals surface area contributed by atoms with E-state index in [-0.39, 0.29) is 23.6 Å². The largest absolute Gasteiger partial charge is 0.374 e. The molecule has 0 aliphatic carbocycles. The fourth-order valence-electron chi connectivity index (χ4n) is 5.91. The van der Waals surface area contributed by atoms with Crippen molar-refractivity contribution in [3.05, 3.63) is 55.6 Å². The van der Waals surface area contributed by atoms with E-state index in [9.17, 15) is 9.59 Å². The van der Waals surface area contributed by atoms with E-state index in [4.69, 9.17) is 4.74 Å². The second kappa shape index (κ2) is 7.04. The molecule has 0 spiro atoms. The Morgan fingerprint density at radius 3 is 2.80 bits per heavy atom. The average molecular weight is 426 g/mol. The minimum absolute atomic E-state index is 0.0987. The average Bonchev–Trinajstić information content (AvgIpc) is 3.46. The Labute approximate surface area is 180 Å². The van der Waals surface area contributed by atoms with E-state index in [1.54, 1.807) is 6.07 Å². The fourth-order valence-corrected chi connectivity index (χ4v) is 6.86. The molecule has 6 nitrogen and oxygen atoms in total. The van der Waals surface area contributed by atoms with Gasteiger partial charge in [0.25, 0.3) is 11.5 Å². The SMILES string of the molecule is Cc1ccsc1CN1C[C@@H]2C[C@H](C1)c1ccc(C(=O)N3C[C@H]4C[C@@H]3CO4)c(=O)n1C2. The van der Waals surface area contributed by atoms with Gasteiger partial charge in [-0.2, -0.15) is 0 Å². The molecule has 3 saturated heterocycles. The van der Waals surface area contributed by atoms with Crippen molar-refractivity contribution in [2.45, 2.75) is 50.9 Å². The molecule has 30 heavy (non-hydrogen) atoms. The zero-order valence-corrected chi connectivity index (χ0v) is 18.1. The molecule has 0 radical (unpaired) electrons. The lowest BCUT2D eigenvalue weighted by Crippen LogP contribution is -2.48. The van der Waals surface area contributed by atoms with Crippen LogP contribution in [0.3, 0.4) is 0 Å². The molecule has 2 aromatic heterocycles. The number of likely N-dealkylation sites (tertiary alicyclic amines) is 2. The lowest BCUT2D eigenvalue weighted by molar-refractivity contribution is 0.0257. The minimum atomic E-state index is -0.114. The summed E-state index contributed by atoms with van der Waals surface area (Å²) in [6, 6.07) is 6.15. The number of fused-ring (bicyclic) bond motifs is 6. The van der Waals surface area contributed by atoms with Crippen LogP contribution in [0.4, 0.5) is 0 Å². The normalized spacial score (nSPS) is 30.0. The van der Waals surface area contributed by atoms with E-state index < -0.39 is 0 Å². The van der Waals surface area contributed by atoms with Crippen molar-refractivity contribution in [3.63, 3.8) is 0 Å². The molecule has 7 heteroatoms. The molecule has 0 saturated carbocycles. The van der Waals surface area contributed by atoms with Crippen LogP contribution in [0.15, 0.2) is 28.4 Å². The summed E-state index contributed by atoms with van der Waals surface area (Å²) in [6.45, 7) is 7.12. The Hall–Kier alpha value is -1.96. The van der Waals surface area contributed by atoms with Gasteiger partial charge in [-0.05, 0) is 54.8 Å². The summed E-state index contributed by atoms with van der Waals surface area (Å²) in [6.07, 6.45) is 2.19. The third kappa shape index (κ3) is 2.98. The third-order valence-electron chi connectivity index (χ3n) is 7.41. The van der Waals surface area contributed by atoms with Crippen molar-refractivity contribution in [2.24, 2.45) is 5.92 Å². The van der Waals surface area contributed by atoms with Gasteiger partial charge in [0.2, 0.25) is 0 Å².